The van der Waals surface area contributed by atoms with Gasteiger partial charge < -0.3 is 4.74 Å². The maximum atomic E-state index is 6.40. The standard InChI is InChI=1S/C20H28N2OS/c1-3-13(4-2)15-10-11-16-17(15)18-19(21-12-22-20(18)24-16)23-14-8-6-5-7-9-14/h12-15H,3-11H2,1-2H3. The zero-order valence-electron chi connectivity index (χ0n) is 14.9. The van der Waals surface area contributed by atoms with Crippen LogP contribution in [0.1, 0.15) is 81.6 Å². The molecule has 0 radical (unpaired) electrons. The maximum absolute atomic E-state index is 6.40. The van der Waals surface area contributed by atoms with Crippen molar-refractivity contribution in [3.05, 3.63) is 16.8 Å². The van der Waals surface area contributed by atoms with Crippen LogP contribution in [-0.2, 0) is 6.42 Å². The molecule has 0 aliphatic heterocycles. The van der Waals surface area contributed by atoms with Crippen LogP contribution in [0.25, 0.3) is 10.2 Å². The number of ether oxygens (including phenoxy) is 1. The lowest BCUT2D eigenvalue weighted by molar-refractivity contribution is 0.150. The smallest absolute Gasteiger partial charge is 0.225 e. The van der Waals surface area contributed by atoms with Crippen molar-refractivity contribution in [3.8, 4) is 5.88 Å². The zero-order valence-corrected chi connectivity index (χ0v) is 15.7. The first kappa shape index (κ1) is 16.3. The summed E-state index contributed by atoms with van der Waals surface area (Å²) in [7, 11) is 0. The Balaban J connectivity index is 1.73. The van der Waals surface area contributed by atoms with Crippen molar-refractivity contribution >= 4 is 21.6 Å². The van der Waals surface area contributed by atoms with Crippen LogP contribution in [0.5, 0.6) is 5.88 Å². The third kappa shape index (κ3) is 2.83. The molecule has 4 heteroatoms. The average molecular weight is 345 g/mol. The van der Waals surface area contributed by atoms with E-state index in [4.69, 9.17) is 4.74 Å². The summed E-state index contributed by atoms with van der Waals surface area (Å²) in [5.74, 6) is 2.30. The molecule has 2 aromatic heterocycles. The topological polar surface area (TPSA) is 35.0 Å². The molecule has 24 heavy (non-hydrogen) atoms. The summed E-state index contributed by atoms with van der Waals surface area (Å²) < 4.78 is 6.40. The fourth-order valence-corrected chi connectivity index (χ4v) is 5.96. The fraction of sp³-hybridized carbons (Fsp3) is 0.700. The van der Waals surface area contributed by atoms with E-state index < -0.39 is 0 Å². The van der Waals surface area contributed by atoms with E-state index >= 15 is 0 Å². The van der Waals surface area contributed by atoms with Gasteiger partial charge in [-0.2, -0.15) is 0 Å². The minimum absolute atomic E-state index is 0.348. The summed E-state index contributed by atoms with van der Waals surface area (Å²) in [6.07, 6.45) is 13.3. The number of fused-ring (bicyclic) bond motifs is 3. The molecule has 1 saturated carbocycles. The number of thiophene rings is 1. The molecule has 0 saturated heterocycles. The van der Waals surface area contributed by atoms with Gasteiger partial charge in [0.25, 0.3) is 0 Å². The Morgan fingerprint density at radius 2 is 1.92 bits per heavy atom. The third-order valence-electron chi connectivity index (χ3n) is 6.07. The second kappa shape index (κ2) is 6.99. The molecular weight excluding hydrogens is 316 g/mol. The highest BCUT2D eigenvalue weighted by Crippen LogP contribution is 2.50. The molecule has 2 aromatic rings. The Labute approximate surface area is 148 Å². The Morgan fingerprint density at radius 3 is 2.67 bits per heavy atom. The number of aryl methyl sites for hydroxylation is 1. The number of nitrogens with zero attached hydrogens (tertiary/aromatic N) is 2. The van der Waals surface area contributed by atoms with Crippen LogP contribution >= 0.6 is 11.3 Å². The van der Waals surface area contributed by atoms with Crippen LogP contribution in [0, 0.1) is 5.92 Å². The molecule has 0 spiro atoms. The van der Waals surface area contributed by atoms with E-state index in [2.05, 4.69) is 23.8 Å². The molecule has 130 valence electrons. The lowest BCUT2D eigenvalue weighted by Gasteiger charge is -2.24. The zero-order chi connectivity index (χ0) is 16.5. The largest absolute Gasteiger partial charge is 0.474 e. The van der Waals surface area contributed by atoms with E-state index in [1.807, 2.05) is 11.3 Å². The summed E-state index contributed by atoms with van der Waals surface area (Å²) >= 11 is 1.87. The van der Waals surface area contributed by atoms with Gasteiger partial charge in [0.2, 0.25) is 5.88 Å². The van der Waals surface area contributed by atoms with Crippen molar-refractivity contribution < 1.29 is 4.74 Å². The van der Waals surface area contributed by atoms with Gasteiger partial charge in [-0.25, -0.2) is 9.97 Å². The number of hydrogen-bond donors (Lipinski definition) is 0. The first-order valence-electron chi connectivity index (χ1n) is 9.74. The van der Waals surface area contributed by atoms with Crippen LogP contribution in [0.2, 0.25) is 0 Å². The molecule has 4 rings (SSSR count). The van der Waals surface area contributed by atoms with E-state index in [-0.39, 0.29) is 0 Å². The molecule has 2 aliphatic carbocycles. The molecule has 0 aromatic carbocycles. The second-order valence-corrected chi connectivity index (χ2v) is 8.48. The third-order valence-corrected chi connectivity index (χ3v) is 7.24. The molecule has 1 fully saturated rings. The van der Waals surface area contributed by atoms with Crippen molar-refractivity contribution in [1.82, 2.24) is 9.97 Å². The van der Waals surface area contributed by atoms with Crippen molar-refractivity contribution in [2.75, 3.05) is 0 Å². The predicted octanol–water partition coefficient (Wildman–Crippen LogP) is 5.87. The number of rotatable bonds is 5. The summed E-state index contributed by atoms with van der Waals surface area (Å²) in [5, 5.41) is 1.25. The number of aromatic nitrogens is 2. The Hall–Kier alpha value is -1.16. The molecule has 1 atom stereocenters. The van der Waals surface area contributed by atoms with E-state index in [9.17, 15) is 0 Å². The first-order valence-corrected chi connectivity index (χ1v) is 10.6. The van der Waals surface area contributed by atoms with Crippen molar-refractivity contribution in [2.24, 2.45) is 5.92 Å². The van der Waals surface area contributed by atoms with E-state index in [1.54, 1.807) is 6.33 Å². The van der Waals surface area contributed by atoms with Gasteiger partial charge >= 0.3 is 0 Å². The second-order valence-electron chi connectivity index (χ2n) is 7.40. The van der Waals surface area contributed by atoms with Crippen LogP contribution in [0.15, 0.2) is 6.33 Å². The van der Waals surface area contributed by atoms with Crippen LogP contribution in [0.3, 0.4) is 0 Å². The normalized spacial score (nSPS) is 21.5. The summed E-state index contributed by atoms with van der Waals surface area (Å²) in [4.78, 5) is 11.8. The minimum atomic E-state index is 0.348. The monoisotopic (exact) mass is 344 g/mol. The Morgan fingerprint density at radius 1 is 1.12 bits per heavy atom. The van der Waals surface area contributed by atoms with E-state index in [1.165, 1.54) is 73.6 Å². The summed E-state index contributed by atoms with van der Waals surface area (Å²) in [6.45, 7) is 4.66. The van der Waals surface area contributed by atoms with Gasteiger partial charge in [0.05, 0.1) is 5.39 Å². The van der Waals surface area contributed by atoms with E-state index in [0.717, 1.165) is 16.6 Å². The highest BCUT2D eigenvalue weighted by molar-refractivity contribution is 7.19. The molecule has 0 N–H and O–H groups in total. The van der Waals surface area contributed by atoms with Gasteiger partial charge in [-0.15, -0.1) is 11.3 Å². The van der Waals surface area contributed by atoms with Crippen LogP contribution in [0.4, 0.5) is 0 Å². The Bertz CT molecular complexity index is 701. The van der Waals surface area contributed by atoms with Crippen LogP contribution < -0.4 is 4.74 Å². The van der Waals surface area contributed by atoms with Gasteiger partial charge in [0, 0.05) is 4.88 Å². The lowest BCUT2D eigenvalue weighted by atomic mass is 9.83. The molecule has 3 nitrogen and oxygen atoms in total. The highest BCUT2D eigenvalue weighted by atomic mass is 32.1. The van der Waals surface area contributed by atoms with Gasteiger partial charge in [-0.1, -0.05) is 33.1 Å². The first-order chi connectivity index (χ1) is 11.8. The minimum Gasteiger partial charge on any atom is -0.474 e. The summed E-state index contributed by atoms with van der Waals surface area (Å²) in [5.41, 5.74) is 1.54. The van der Waals surface area contributed by atoms with Crippen LogP contribution in [-0.4, -0.2) is 16.1 Å². The van der Waals surface area contributed by atoms with Gasteiger partial charge in [-0.05, 0) is 55.9 Å². The van der Waals surface area contributed by atoms with Gasteiger partial charge in [0.1, 0.15) is 17.3 Å². The quantitative estimate of drug-likeness (QED) is 0.680. The predicted molar refractivity (Wildman–Crippen MR) is 100 cm³/mol. The van der Waals surface area contributed by atoms with Crippen molar-refractivity contribution in [2.45, 2.75) is 83.7 Å². The number of hydrogen-bond acceptors (Lipinski definition) is 4. The average Bonchev–Trinajstić information content (AvgIpc) is 3.17. The molecule has 2 heterocycles. The molecule has 1 unspecified atom stereocenters. The fourth-order valence-electron chi connectivity index (χ4n) is 4.74. The molecule has 2 aliphatic rings. The SMILES string of the molecule is CCC(CC)C1CCc2sc3ncnc(OC4CCCCC4)c3c21. The maximum Gasteiger partial charge on any atom is 0.225 e. The van der Waals surface area contributed by atoms with Crippen molar-refractivity contribution in [1.29, 1.82) is 0 Å². The molecule has 0 bridgehead atoms. The summed E-state index contributed by atoms with van der Waals surface area (Å²) in [6, 6.07) is 0. The van der Waals surface area contributed by atoms with Gasteiger partial charge in [-0.3, -0.25) is 0 Å². The lowest BCUT2D eigenvalue weighted by Crippen LogP contribution is -2.20. The Kier molecular flexibility index (Phi) is 4.75. The highest BCUT2D eigenvalue weighted by Gasteiger charge is 2.34. The van der Waals surface area contributed by atoms with Gasteiger partial charge in [0.15, 0.2) is 0 Å². The van der Waals surface area contributed by atoms with Crippen molar-refractivity contribution in [3.63, 3.8) is 0 Å². The van der Waals surface area contributed by atoms with E-state index in [0.29, 0.717) is 12.0 Å². The molecular formula is C20H28N2OS. The molecule has 0 amide bonds.